The molecule has 0 aliphatic rings. The molecule has 0 unspecified atom stereocenters. The summed E-state index contributed by atoms with van der Waals surface area (Å²) in [6, 6.07) is 5.33. The van der Waals surface area contributed by atoms with Crippen LogP contribution in [0.15, 0.2) is 30.0 Å². The number of nitro groups is 1. The summed E-state index contributed by atoms with van der Waals surface area (Å²) in [6.07, 6.45) is 1.09. The molecule has 0 fully saturated rings. The molecule has 0 saturated heterocycles. The van der Waals surface area contributed by atoms with Crippen molar-refractivity contribution in [2.75, 3.05) is 0 Å². The lowest BCUT2D eigenvalue weighted by atomic mass is 10.1. The SMILES string of the molecule is CC(=O)N/C(=C/c1cccc([N+](=O)[O-])c1)C(=O)[O-]. The van der Waals surface area contributed by atoms with Crippen LogP contribution in [-0.4, -0.2) is 16.8 Å². The van der Waals surface area contributed by atoms with Crippen LogP contribution in [0.4, 0.5) is 5.69 Å². The molecule has 0 aliphatic carbocycles. The van der Waals surface area contributed by atoms with Crippen molar-refractivity contribution in [2.45, 2.75) is 6.92 Å². The molecule has 1 N–H and O–H groups in total. The van der Waals surface area contributed by atoms with E-state index in [2.05, 4.69) is 5.32 Å². The molecule has 0 spiro atoms. The first-order valence-electron chi connectivity index (χ1n) is 4.85. The monoisotopic (exact) mass is 249 g/mol. The summed E-state index contributed by atoms with van der Waals surface area (Å²) in [6.45, 7) is 1.14. The first-order valence-corrected chi connectivity index (χ1v) is 4.85. The number of nitrogens with one attached hydrogen (secondary N) is 1. The number of nitro benzene ring substituents is 1. The Morgan fingerprint density at radius 2 is 2.06 bits per heavy atom. The van der Waals surface area contributed by atoms with Gasteiger partial charge in [-0.2, -0.15) is 0 Å². The van der Waals surface area contributed by atoms with Gasteiger partial charge in [0.05, 0.1) is 16.6 Å². The van der Waals surface area contributed by atoms with E-state index in [4.69, 9.17) is 0 Å². The highest BCUT2D eigenvalue weighted by Crippen LogP contribution is 2.15. The molecule has 0 atom stereocenters. The van der Waals surface area contributed by atoms with Crippen molar-refractivity contribution < 1.29 is 19.6 Å². The Bertz CT molecular complexity index is 536. The summed E-state index contributed by atoms with van der Waals surface area (Å²) in [5.74, 6) is -2.15. The number of carboxylic acids is 1. The highest BCUT2D eigenvalue weighted by molar-refractivity contribution is 5.95. The predicted octanol–water partition coefficient (Wildman–Crippen LogP) is -0.178. The predicted molar refractivity (Wildman–Crippen MR) is 59.9 cm³/mol. The average Bonchev–Trinajstić information content (AvgIpc) is 2.27. The highest BCUT2D eigenvalue weighted by Gasteiger charge is 2.06. The Morgan fingerprint density at radius 3 is 2.56 bits per heavy atom. The number of carbonyl (C=O) groups is 2. The summed E-state index contributed by atoms with van der Waals surface area (Å²) < 4.78 is 0. The largest absolute Gasteiger partial charge is 0.543 e. The number of hydrogen-bond acceptors (Lipinski definition) is 5. The fraction of sp³-hybridized carbons (Fsp3) is 0.0909. The lowest BCUT2D eigenvalue weighted by Gasteiger charge is -2.08. The van der Waals surface area contributed by atoms with Crippen LogP contribution >= 0.6 is 0 Å². The van der Waals surface area contributed by atoms with Crippen molar-refractivity contribution in [3.63, 3.8) is 0 Å². The second kappa shape index (κ2) is 5.58. The van der Waals surface area contributed by atoms with Crippen LogP contribution in [0.25, 0.3) is 6.08 Å². The summed E-state index contributed by atoms with van der Waals surface area (Å²) in [7, 11) is 0. The second-order valence-corrected chi connectivity index (χ2v) is 3.38. The molecule has 1 aromatic carbocycles. The van der Waals surface area contributed by atoms with Crippen molar-refractivity contribution in [1.29, 1.82) is 0 Å². The minimum Gasteiger partial charge on any atom is -0.543 e. The molecule has 0 radical (unpaired) electrons. The highest BCUT2D eigenvalue weighted by atomic mass is 16.6. The molecular weight excluding hydrogens is 240 g/mol. The maximum absolute atomic E-state index is 10.8. The minimum atomic E-state index is -1.57. The van der Waals surface area contributed by atoms with E-state index in [1.165, 1.54) is 24.3 Å². The quantitative estimate of drug-likeness (QED) is 0.452. The van der Waals surface area contributed by atoms with Gasteiger partial charge >= 0.3 is 0 Å². The zero-order valence-corrected chi connectivity index (χ0v) is 9.38. The molecule has 0 saturated carbocycles. The van der Waals surface area contributed by atoms with Gasteiger partial charge in [-0.15, -0.1) is 0 Å². The molecule has 7 nitrogen and oxygen atoms in total. The Kier molecular flexibility index (Phi) is 4.14. The number of carboxylic acid groups (broad SMARTS) is 1. The van der Waals surface area contributed by atoms with Crippen molar-refractivity contribution in [2.24, 2.45) is 0 Å². The number of rotatable bonds is 4. The zero-order valence-electron chi connectivity index (χ0n) is 9.38. The topological polar surface area (TPSA) is 112 Å². The van der Waals surface area contributed by atoms with Crippen molar-refractivity contribution in [3.05, 3.63) is 45.6 Å². The van der Waals surface area contributed by atoms with E-state index in [0.717, 1.165) is 13.0 Å². The lowest BCUT2D eigenvalue weighted by molar-refractivity contribution is -0.384. The average molecular weight is 249 g/mol. The van der Waals surface area contributed by atoms with Crippen LogP contribution < -0.4 is 10.4 Å². The van der Waals surface area contributed by atoms with Gasteiger partial charge in [0, 0.05) is 19.1 Å². The van der Waals surface area contributed by atoms with E-state index in [-0.39, 0.29) is 11.3 Å². The van der Waals surface area contributed by atoms with Crippen molar-refractivity contribution >= 4 is 23.6 Å². The minimum absolute atomic E-state index is 0.177. The van der Waals surface area contributed by atoms with Crippen molar-refractivity contribution in [1.82, 2.24) is 5.32 Å². The summed E-state index contributed by atoms with van der Waals surface area (Å²) in [4.78, 5) is 31.4. The van der Waals surface area contributed by atoms with E-state index in [1.807, 2.05) is 0 Å². The van der Waals surface area contributed by atoms with E-state index in [0.29, 0.717) is 0 Å². The van der Waals surface area contributed by atoms with Gasteiger partial charge in [0.15, 0.2) is 0 Å². The maximum Gasteiger partial charge on any atom is 0.270 e. The van der Waals surface area contributed by atoms with Crippen molar-refractivity contribution in [3.8, 4) is 0 Å². The van der Waals surface area contributed by atoms with Crippen LogP contribution in [-0.2, 0) is 9.59 Å². The first-order chi connectivity index (χ1) is 8.40. The molecule has 94 valence electrons. The smallest absolute Gasteiger partial charge is 0.270 e. The van der Waals surface area contributed by atoms with Crippen LogP contribution in [0.1, 0.15) is 12.5 Å². The molecule has 1 aromatic rings. The summed E-state index contributed by atoms with van der Waals surface area (Å²) >= 11 is 0. The molecule has 0 bridgehead atoms. The Hall–Kier alpha value is -2.70. The molecule has 0 aromatic heterocycles. The molecule has 1 amide bonds. The fourth-order valence-electron chi connectivity index (χ4n) is 1.23. The van der Waals surface area contributed by atoms with E-state index in [9.17, 15) is 24.8 Å². The first kappa shape index (κ1) is 13.4. The lowest BCUT2D eigenvalue weighted by Crippen LogP contribution is -2.34. The molecule has 0 heterocycles. The van der Waals surface area contributed by atoms with Crippen LogP contribution in [0.3, 0.4) is 0 Å². The van der Waals surface area contributed by atoms with Crippen LogP contribution in [0.2, 0.25) is 0 Å². The van der Waals surface area contributed by atoms with Crippen LogP contribution in [0, 0.1) is 10.1 Å². The van der Waals surface area contributed by atoms with Gasteiger partial charge in [0.2, 0.25) is 5.91 Å². The number of amides is 1. The molecule has 18 heavy (non-hydrogen) atoms. The third-order valence-corrected chi connectivity index (χ3v) is 1.92. The standard InChI is InChI=1S/C11H10N2O5/c1-7(14)12-10(11(15)16)6-8-3-2-4-9(5-8)13(17)18/h2-6H,1H3,(H,12,14)(H,15,16)/p-1/b10-6+. The molecule has 1 rings (SSSR count). The number of aliphatic carboxylic acids is 1. The number of non-ortho nitro benzene ring substituents is 1. The van der Waals surface area contributed by atoms with E-state index < -0.39 is 22.5 Å². The van der Waals surface area contributed by atoms with Gasteiger partial charge < -0.3 is 15.2 Å². The molecule has 0 aliphatic heterocycles. The Labute approximate surface area is 102 Å². The zero-order chi connectivity index (χ0) is 13.7. The summed E-state index contributed by atoms with van der Waals surface area (Å²) in [5, 5.41) is 23.3. The third kappa shape index (κ3) is 3.71. The Morgan fingerprint density at radius 1 is 1.39 bits per heavy atom. The summed E-state index contributed by atoms with van der Waals surface area (Å²) in [5.41, 5.74) is -0.357. The number of benzene rings is 1. The van der Waals surface area contributed by atoms with Gasteiger partial charge in [-0.05, 0) is 11.6 Å². The second-order valence-electron chi connectivity index (χ2n) is 3.38. The van der Waals surface area contributed by atoms with Crippen LogP contribution in [0.5, 0.6) is 0 Å². The van der Waals surface area contributed by atoms with Gasteiger partial charge in [-0.1, -0.05) is 12.1 Å². The van der Waals surface area contributed by atoms with Gasteiger partial charge in [0.25, 0.3) is 5.69 Å². The third-order valence-electron chi connectivity index (χ3n) is 1.92. The van der Waals surface area contributed by atoms with Gasteiger partial charge in [-0.25, -0.2) is 0 Å². The molecular formula is C11H9N2O5-. The normalized spacial score (nSPS) is 10.8. The van der Waals surface area contributed by atoms with E-state index in [1.54, 1.807) is 0 Å². The Balaban J connectivity index is 3.11. The molecule has 7 heteroatoms. The fourth-order valence-corrected chi connectivity index (χ4v) is 1.23. The maximum atomic E-state index is 10.8. The van der Waals surface area contributed by atoms with Gasteiger partial charge in [-0.3, -0.25) is 14.9 Å². The number of carbonyl (C=O) groups excluding carboxylic acids is 2. The number of hydrogen-bond donors (Lipinski definition) is 1. The number of nitrogens with zero attached hydrogens (tertiary/aromatic N) is 1. The van der Waals surface area contributed by atoms with E-state index >= 15 is 0 Å². The van der Waals surface area contributed by atoms with Gasteiger partial charge in [0.1, 0.15) is 0 Å².